The summed E-state index contributed by atoms with van der Waals surface area (Å²) in [4.78, 5) is 0.248. The lowest BCUT2D eigenvalue weighted by molar-refractivity contribution is 0.0109. The van der Waals surface area contributed by atoms with E-state index in [2.05, 4.69) is 15.9 Å². The van der Waals surface area contributed by atoms with Crippen molar-refractivity contribution in [3.05, 3.63) is 29.8 Å². The number of alkyl halides is 1. The Hall–Kier alpha value is -0.470. The second-order valence-corrected chi connectivity index (χ2v) is 6.76. The second kappa shape index (κ2) is 6.32. The number of hydrogen-bond acceptors (Lipinski definition) is 4. The quantitative estimate of drug-likeness (QED) is 0.822. The van der Waals surface area contributed by atoms with Crippen LogP contribution < -0.4 is 0 Å². The van der Waals surface area contributed by atoms with Gasteiger partial charge < -0.3 is 9.84 Å². The molecule has 0 aromatic heterocycles. The molecular weight excluding hydrogens is 334 g/mol. The van der Waals surface area contributed by atoms with Gasteiger partial charge in [0.05, 0.1) is 30.8 Å². The molecule has 7 heteroatoms. The number of rotatable bonds is 4. The summed E-state index contributed by atoms with van der Waals surface area (Å²) >= 11 is 3.32. The van der Waals surface area contributed by atoms with Gasteiger partial charge in [-0.05, 0) is 17.7 Å². The van der Waals surface area contributed by atoms with Crippen molar-refractivity contribution >= 4 is 26.0 Å². The van der Waals surface area contributed by atoms with Crippen molar-refractivity contribution < 1.29 is 18.3 Å². The molecule has 1 saturated heterocycles. The van der Waals surface area contributed by atoms with Crippen LogP contribution in [-0.4, -0.2) is 50.2 Å². The first-order valence-electron chi connectivity index (χ1n) is 5.95. The molecule has 1 heterocycles. The number of hydrogen-bond donors (Lipinski definition) is 1. The minimum atomic E-state index is -3.57. The zero-order valence-electron chi connectivity index (χ0n) is 10.3. The maximum Gasteiger partial charge on any atom is 0.243 e. The van der Waals surface area contributed by atoms with Crippen LogP contribution in [0.25, 0.3) is 0 Å². The zero-order chi connectivity index (χ0) is 13.9. The molecule has 0 spiro atoms. The van der Waals surface area contributed by atoms with Crippen LogP contribution in [0.2, 0.25) is 0 Å². The number of ether oxygens (including phenoxy) is 1. The van der Waals surface area contributed by atoms with Gasteiger partial charge in [-0.2, -0.15) is 4.31 Å². The van der Waals surface area contributed by atoms with Crippen LogP contribution in [-0.2, 0) is 20.1 Å². The summed E-state index contributed by atoms with van der Waals surface area (Å²) in [5, 5.41) is 9.95. The highest BCUT2D eigenvalue weighted by Gasteiger charge is 2.33. The molecule has 106 valence electrons. The molecule has 1 aliphatic rings. The van der Waals surface area contributed by atoms with Crippen molar-refractivity contribution in [2.75, 3.05) is 26.4 Å². The molecule has 1 fully saturated rings. The number of aliphatic hydroxyl groups excluding tert-OH is 1. The Bertz CT molecular complexity index is 517. The van der Waals surface area contributed by atoms with E-state index in [9.17, 15) is 13.5 Å². The van der Waals surface area contributed by atoms with Crippen LogP contribution >= 0.6 is 15.9 Å². The molecule has 5 nitrogen and oxygen atoms in total. The van der Waals surface area contributed by atoms with Gasteiger partial charge in [-0.15, -0.1) is 0 Å². The van der Waals surface area contributed by atoms with E-state index < -0.39 is 16.1 Å². The zero-order valence-corrected chi connectivity index (χ0v) is 12.7. The SMILES string of the molecule is O=S(=O)(c1ccc(CBr)cc1)N1CCOCC1CO. The topological polar surface area (TPSA) is 66.8 Å². The smallest absolute Gasteiger partial charge is 0.243 e. The number of nitrogens with zero attached hydrogens (tertiary/aromatic N) is 1. The molecule has 0 aliphatic carbocycles. The summed E-state index contributed by atoms with van der Waals surface area (Å²) in [6.07, 6.45) is 0. The Morgan fingerprint density at radius 1 is 1.37 bits per heavy atom. The fourth-order valence-corrected chi connectivity index (χ4v) is 3.95. The van der Waals surface area contributed by atoms with Gasteiger partial charge in [0.1, 0.15) is 0 Å². The standard InChI is InChI=1S/C12H16BrNO4S/c13-7-10-1-3-12(4-2-10)19(16,17)14-5-6-18-9-11(14)8-15/h1-4,11,15H,5-9H2. The van der Waals surface area contributed by atoms with Crippen molar-refractivity contribution in [3.63, 3.8) is 0 Å². The fraction of sp³-hybridized carbons (Fsp3) is 0.500. The Balaban J connectivity index is 2.29. The third-order valence-corrected chi connectivity index (χ3v) is 5.68. The van der Waals surface area contributed by atoms with Crippen LogP contribution in [0.15, 0.2) is 29.2 Å². The van der Waals surface area contributed by atoms with Crippen LogP contribution in [0, 0.1) is 0 Å². The maximum atomic E-state index is 12.5. The van der Waals surface area contributed by atoms with Crippen LogP contribution in [0.4, 0.5) is 0 Å². The van der Waals surface area contributed by atoms with Gasteiger partial charge in [-0.25, -0.2) is 8.42 Å². The van der Waals surface area contributed by atoms with Crippen LogP contribution in [0.3, 0.4) is 0 Å². The predicted octanol–water partition coefficient (Wildman–Crippen LogP) is 0.963. The largest absolute Gasteiger partial charge is 0.395 e. The molecule has 1 aromatic rings. The van der Waals surface area contributed by atoms with Crippen molar-refractivity contribution in [2.45, 2.75) is 16.3 Å². The van der Waals surface area contributed by atoms with Crippen molar-refractivity contribution in [2.24, 2.45) is 0 Å². The molecule has 0 amide bonds. The molecule has 1 atom stereocenters. The minimum Gasteiger partial charge on any atom is -0.395 e. The van der Waals surface area contributed by atoms with Gasteiger partial charge in [-0.1, -0.05) is 28.1 Å². The van der Waals surface area contributed by atoms with E-state index in [-0.39, 0.29) is 24.7 Å². The summed E-state index contributed by atoms with van der Waals surface area (Å²) in [7, 11) is -3.57. The van der Waals surface area contributed by atoms with E-state index in [1.807, 2.05) is 0 Å². The van der Waals surface area contributed by atoms with Crippen molar-refractivity contribution in [1.82, 2.24) is 4.31 Å². The first-order valence-corrected chi connectivity index (χ1v) is 8.51. The van der Waals surface area contributed by atoms with E-state index >= 15 is 0 Å². The second-order valence-electron chi connectivity index (χ2n) is 4.30. The summed E-state index contributed by atoms with van der Waals surface area (Å²) in [6.45, 7) is 0.622. The molecule has 1 N–H and O–H groups in total. The van der Waals surface area contributed by atoms with Gasteiger partial charge in [0.15, 0.2) is 0 Å². The number of sulfonamides is 1. The summed E-state index contributed by atoms with van der Waals surface area (Å²) in [6, 6.07) is 6.23. The number of halogens is 1. The van der Waals surface area contributed by atoms with Gasteiger partial charge in [-0.3, -0.25) is 0 Å². The van der Waals surface area contributed by atoms with Gasteiger partial charge in [0.2, 0.25) is 10.0 Å². The Morgan fingerprint density at radius 2 is 2.05 bits per heavy atom. The van der Waals surface area contributed by atoms with Gasteiger partial charge in [0, 0.05) is 11.9 Å². The van der Waals surface area contributed by atoms with E-state index in [4.69, 9.17) is 4.74 Å². The summed E-state index contributed by atoms with van der Waals surface area (Å²) in [5.41, 5.74) is 1.01. The first kappa shape index (κ1) is 14.9. The average molecular weight is 350 g/mol. The third kappa shape index (κ3) is 3.17. The monoisotopic (exact) mass is 349 g/mol. The lowest BCUT2D eigenvalue weighted by Gasteiger charge is -2.33. The minimum absolute atomic E-state index is 0.231. The molecule has 0 saturated carbocycles. The normalized spacial score (nSPS) is 21.5. The number of morpholine rings is 1. The summed E-state index contributed by atoms with van der Waals surface area (Å²) < 4.78 is 31.5. The van der Waals surface area contributed by atoms with E-state index in [1.54, 1.807) is 24.3 Å². The van der Waals surface area contributed by atoms with Gasteiger partial charge in [0.25, 0.3) is 0 Å². The lowest BCUT2D eigenvalue weighted by Crippen LogP contribution is -2.50. The Labute approximate surface area is 121 Å². The molecule has 2 rings (SSSR count). The lowest BCUT2D eigenvalue weighted by atomic mass is 10.2. The number of benzene rings is 1. The molecule has 19 heavy (non-hydrogen) atoms. The highest BCUT2D eigenvalue weighted by atomic mass is 79.9. The van der Waals surface area contributed by atoms with Gasteiger partial charge >= 0.3 is 0 Å². The molecule has 0 radical (unpaired) electrons. The maximum absolute atomic E-state index is 12.5. The summed E-state index contributed by atoms with van der Waals surface area (Å²) in [5.74, 6) is 0. The van der Waals surface area contributed by atoms with Crippen molar-refractivity contribution in [1.29, 1.82) is 0 Å². The van der Waals surface area contributed by atoms with Crippen LogP contribution in [0.1, 0.15) is 5.56 Å². The first-order chi connectivity index (χ1) is 9.09. The fourth-order valence-electron chi connectivity index (χ4n) is 1.99. The predicted molar refractivity (Wildman–Crippen MR) is 74.7 cm³/mol. The van der Waals surface area contributed by atoms with Crippen LogP contribution in [0.5, 0.6) is 0 Å². The number of aliphatic hydroxyl groups is 1. The van der Waals surface area contributed by atoms with Crippen molar-refractivity contribution in [3.8, 4) is 0 Å². The molecule has 1 aromatic carbocycles. The molecule has 0 bridgehead atoms. The van der Waals surface area contributed by atoms with E-state index in [0.29, 0.717) is 11.9 Å². The Kier molecular flexibility index (Phi) is 4.97. The molecular formula is C12H16BrNO4S. The highest BCUT2D eigenvalue weighted by molar-refractivity contribution is 9.08. The molecule has 1 unspecified atom stereocenters. The Morgan fingerprint density at radius 3 is 2.63 bits per heavy atom. The average Bonchev–Trinajstić information content (AvgIpc) is 2.47. The van der Waals surface area contributed by atoms with E-state index in [0.717, 1.165) is 5.56 Å². The third-order valence-electron chi connectivity index (χ3n) is 3.07. The highest BCUT2D eigenvalue weighted by Crippen LogP contribution is 2.21. The molecule has 1 aliphatic heterocycles. The van der Waals surface area contributed by atoms with E-state index in [1.165, 1.54) is 4.31 Å².